The Morgan fingerprint density at radius 3 is 3.11 bits per heavy atom. The van der Waals surface area contributed by atoms with Crippen LogP contribution in [0, 0.1) is 5.92 Å². The van der Waals surface area contributed by atoms with E-state index < -0.39 is 0 Å². The number of rotatable bonds is 5. The van der Waals surface area contributed by atoms with E-state index in [9.17, 15) is 0 Å². The van der Waals surface area contributed by atoms with E-state index in [1.54, 1.807) is 0 Å². The van der Waals surface area contributed by atoms with Gasteiger partial charge in [-0.05, 0) is 43.6 Å². The van der Waals surface area contributed by atoms with E-state index in [1.807, 2.05) is 12.3 Å². The highest BCUT2D eigenvalue weighted by Crippen LogP contribution is 2.36. The third kappa shape index (κ3) is 3.04. The minimum absolute atomic E-state index is 0.596. The van der Waals surface area contributed by atoms with Gasteiger partial charge in [-0.15, -0.1) is 0 Å². The first-order chi connectivity index (χ1) is 8.72. The van der Waals surface area contributed by atoms with Crippen LogP contribution in [0.3, 0.4) is 0 Å². The number of nitrogens with zero attached hydrogens (tertiary/aromatic N) is 1. The molecule has 1 aromatic heterocycles. The van der Waals surface area contributed by atoms with Crippen LogP contribution in [-0.2, 0) is 6.42 Å². The smallest absolute Gasteiger partial charge is 0.126 e. The lowest BCUT2D eigenvalue weighted by Crippen LogP contribution is -2.14. The minimum Gasteiger partial charge on any atom is -0.493 e. The number of fused-ring (bicyclic) bond motifs is 1. The molecule has 0 saturated heterocycles. The predicted molar refractivity (Wildman–Crippen MR) is 75.2 cm³/mol. The fourth-order valence-corrected chi connectivity index (χ4v) is 2.88. The molecule has 1 aromatic rings. The van der Waals surface area contributed by atoms with Gasteiger partial charge >= 0.3 is 0 Å². The van der Waals surface area contributed by atoms with Crippen molar-refractivity contribution in [3.8, 4) is 5.75 Å². The largest absolute Gasteiger partial charge is 0.493 e. The summed E-state index contributed by atoms with van der Waals surface area (Å²) in [7, 11) is 0. The zero-order valence-corrected chi connectivity index (χ0v) is 11.9. The number of hydrogen-bond donors (Lipinski definition) is 0. The van der Waals surface area contributed by atoms with Crippen LogP contribution in [0.4, 0.5) is 0 Å². The van der Waals surface area contributed by atoms with Crippen molar-refractivity contribution >= 4 is 0 Å². The van der Waals surface area contributed by atoms with Crippen molar-refractivity contribution in [3.63, 3.8) is 0 Å². The van der Waals surface area contributed by atoms with Gasteiger partial charge in [-0.2, -0.15) is 0 Å². The van der Waals surface area contributed by atoms with Gasteiger partial charge in [0.05, 0.1) is 6.61 Å². The zero-order chi connectivity index (χ0) is 13.0. The van der Waals surface area contributed by atoms with Gasteiger partial charge in [0.15, 0.2) is 0 Å². The van der Waals surface area contributed by atoms with Gasteiger partial charge < -0.3 is 4.74 Å². The average Bonchev–Trinajstić information content (AvgIpc) is 2.37. The molecular formula is C16H25NO. The minimum atomic E-state index is 0.596. The number of hydrogen-bond acceptors (Lipinski definition) is 2. The van der Waals surface area contributed by atoms with Gasteiger partial charge in [-0.3, -0.25) is 4.98 Å². The Balaban J connectivity index is 2.08. The Kier molecular flexibility index (Phi) is 4.62. The van der Waals surface area contributed by atoms with Crippen molar-refractivity contribution < 1.29 is 4.74 Å². The van der Waals surface area contributed by atoms with E-state index in [1.165, 1.54) is 36.9 Å². The summed E-state index contributed by atoms with van der Waals surface area (Å²) in [6, 6.07) is 2.04. The molecule has 18 heavy (non-hydrogen) atoms. The van der Waals surface area contributed by atoms with Gasteiger partial charge in [0.1, 0.15) is 5.75 Å². The van der Waals surface area contributed by atoms with Gasteiger partial charge in [0.25, 0.3) is 0 Å². The molecule has 0 N–H and O–H groups in total. The van der Waals surface area contributed by atoms with E-state index in [0.29, 0.717) is 11.8 Å². The van der Waals surface area contributed by atoms with E-state index in [2.05, 4.69) is 25.8 Å². The molecule has 2 atom stereocenters. The third-order valence-electron chi connectivity index (χ3n) is 3.88. The van der Waals surface area contributed by atoms with Crippen LogP contribution in [-0.4, -0.2) is 11.6 Å². The maximum absolute atomic E-state index is 6.05. The summed E-state index contributed by atoms with van der Waals surface area (Å²) in [6.45, 7) is 7.62. The topological polar surface area (TPSA) is 22.1 Å². The van der Waals surface area contributed by atoms with Crippen LogP contribution in [0.5, 0.6) is 5.75 Å². The summed E-state index contributed by atoms with van der Waals surface area (Å²) in [6.07, 6.45) is 8.01. The molecule has 0 amide bonds. The SMILES string of the molecule is CCC[C@@H](C)COc1ccnc2c1C(C)CCC2. The first kappa shape index (κ1) is 13.4. The molecule has 0 bridgehead atoms. The average molecular weight is 247 g/mol. The highest BCUT2D eigenvalue weighted by Gasteiger charge is 2.21. The monoisotopic (exact) mass is 247 g/mol. The lowest BCUT2D eigenvalue weighted by molar-refractivity contribution is 0.247. The first-order valence-electron chi connectivity index (χ1n) is 7.33. The molecular weight excluding hydrogens is 222 g/mol. The highest BCUT2D eigenvalue weighted by atomic mass is 16.5. The first-order valence-corrected chi connectivity index (χ1v) is 7.33. The van der Waals surface area contributed by atoms with Gasteiger partial charge in [0, 0.05) is 17.5 Å². The summed E-state index contributed by atoms with van der Waals surface area (Å²) in [5.41, 5.74) is 2.63. The molecule has 2 heteroatoms. The van der Waals surface area contributed by atoms with E-state index in [-0.39, 0.29) is 0 Å². The molecule has 1 aliphatic rings. The van der Waals surface area contributed by atoms with Crippen molar-refractivity contribution in [1.29, 1.82) is 0 Å². The van der Waals surface area contributed by atoms with Crippen LogP contribution in [0.2, 0.25) is 0 Å². The van der Waals surface area contributed by atoms with E-state index in [4.69, 9.17) is 4.74 Å². The lowest BCUT2D eigenvalue weighted by Gasteiger charge is -2.24. The summed E-state index contributed by atoms with van der Waals surface area (Å²) in [4.78, 5) is 4.51. The van der Waals surface area contributed by atoms with Crippen molar-refractivity contribution in [2.75, 3.05) is 6.61 Å². The Morgan fingerprint density at radius 2 is 2.33 bits per heavy atom. The lowest BCUT2D eigenvalue weighted by atomic mass is 9.86. The van der Waals surface area contributed by atoms with Crippen LogP contribution in [0.1, 0.15) is 63.6 Å². The number of pyridine rings is 1. The fourth-order valence-electron chi connectivity index (χ4n) is 2.88. The molecule has 2 rings (SSSR count). The van der Waals surface area contributed by atoms with Gasteiger partial charge in [0.2, 0.25) is 0 Å². The molecule has 0 fully saturated rings. The molecule has 0 aliphatic heterocycles. The molecule has 0 radical (unpaired) electrons. The maximum atomic E-state index is 6.05. The van der Waals surface area contributed by atoms with Crippen molar-refractivity contribution in [1.82, 2.24) is 4.98 Å². The highest BCUT2D eigenvalue weighted by molar-refractivity contribution is 5.40. The molecule has 0 aromatic carbocycles. The Labute approximate surface area is 111 Å². The summed E-state index contributed by atoms with van der Waals surface area (Å²) >= 11 is 0. The van der Waals surface area contributed by atoms with E-state index >= 15 is 0 Å². The molecule has 0 saturated carbocycles. The second-order valence-corrected chi connectivity index (χ2v) is 5.67. The summed E-state index contributed by atoms with van der Waals surface area (Å²) < 4.78 is 6.05. The Hall–Kier alpha value is -1.05. The zero-order valence-electron chi connectivity index (χ0n) is 11.9. The Morgan fingerprint density at radius 1 is 1.50 bits per heavy atom. The normalized spacial score (nSPS) is 20.3. The summed E-state index contributed by atoms with van der Waals surface area (Å²) in [5.74, 6) is 2.31. The molecule has 2 nitrogen and oxygen atoms in total. The fraction of sp³-hybridized carbons (Fsp3) is 0.688. The van der Waals surface area contributed by atoms with Crippen LogP contribution in [0.15, 0.2) is 12.3 Å². The number of aromatic nitrogens is 1. The predicted octanol–water partition coefficient (Wildman–Crippen LogP) is 4.34. The number of ether oxygens (including phenoxy) is 1. The molecule has 1 heterocycles. The van der Waals surface area contributed by atoms with Gasteiger partial charge in [-0.25, -0.2) is 0 Å². The molecule has 1 unspecified atom stereocenters. The van der Waals surface area contributed by atoms with Gasteiger partial charge in [-0.1, -0.05) is 27.2 Å². The van der Waals surface area contributed by atoms with Crippen molar-refractivity contribution in [2.45, 2.75) is 58.8 Å². The maximum Gasteiger partial charge on any atom is 0.126 e. The molecule has 0 spiro atoms. The van der Waals surface area contributed by atoms with Crippen LogP contribution < -0.4 is 4.74 Å². The van der Waals surface area contributed by atoms with Crippen LogP contribution >= 0.6 is 0 Å². The van der Waals surface area contributed by atoms with Crippen molar-refractivity contribution in [2.24, 2.45) is 5.92 Å². The van der Waals surface area contributed by atoms with Crippen molar-refractivity contribution in [3.05, 3.63) is 23.5 Å². The van der Waals surface area contributed by atoms with Crippen LogP contribution in [0.25, 0.3) is 0 Å². The Bertz CT molecular complexity index is 389. The molecule has 100 valence electrons. The summed E-state index contributed by atoms with van der Waals surface area (Å²) in [5, 5.41) is 0. The molecule has 1 aliphatic carbocycles. The second-order valence-electron chi connectivity index (χ2n) is 5.67. The van der Waals surface area contributed by atoms with E-state index in [0.717, 1.165) is 18.8 Å². The second kappa shape index (κ2) is 6.21. The standard InChI is InChI=1S/C16H25NO/c1-4-6-12(2)11-18-15-9-10-17-14-8-5-7-13(3)16(14)15/h9-10,12-13H,4-8,11H2,1-3H3/t12-,13?/m1/s1. The quantitative estimate of drug-likeness (QED) is 0.772. The number of aryl methyl sites for hydroxylation is 1. The third-order valence-corrected chi connectivity index (χ3v) is 3.88.